The van der Waals surface area contributed by atoms with Crippen LogP contribution in [-0.2, 0) is 6.54 Å². The van der Waals surface area contributed by atoms with Crippen molar-refractivity contribution in [2.45, 2.75) is 6.54 Å². The summed E-state index contributed by atoms with van der Waals surface area (Å²) in [6.45, 7) is 0.720. The molecule has 0 saturated heterocycles. The summed E-state index contributed by atoms with van der Waals surface area (Å²) in [5.41, 5.74) is 3.05. The van der Waals surface area contributed by atoms with Gasteiger partial charge in [0.15, 0.2) is 5.65 Å². The summed E-state index contributed by atoms with van der Waals surface area (Å²) < 4.78 is 4.04. The molecule has 1 N–H and O–H groups in total. The molecule has 3 aromatic rings. The molecule has 2 aromatic heterocycles. The molecular formula is C13H10BrIN4. The van der Waals surface area contributed by atoms with Crippen LogP contribution in [0.15, 0.2) is 47.5 Å². The summed E-state index contributed by atoms with van der Waals surface area (Å²) in [6, 6.07) is 8.28. The largest absolute Gasteiger partial charge is 0.379 e. The Bertz CT molecular complexity index is 725. The average molecular weight is 429 g/mol. The summed E-state index contributed by atoms with van der Waals surface area (Å²) in [6.07, 6.45) is 5.54. The van der Waals surface area contributed by atoms with Gasteiger partial charge in [0, 0.05) is 15.5 Å². The Morgan fingerprint density at radius 2 is 2.16 bits per heavy atom. The molecule has 1 aromatic carbocycles. The monoisotopic (exact) mass is 428 g/mol. The van der Waals surface area contributed by atoms with Crippen molar-refractivity contribution in [3.05, 3.63) is 56.7 Å². The lowest BCUT2D eigenvalue weighted by Gasteiger charge is -2.06. The number of hydrogen-bond donors (Lipinski definition) is 1. The van der Waals surface area contributed by atoms with E-state index in [1.807, 2.05) is 22.9 Å². The number of hydrogen-bond acceptors (Lipinski definition) is 3. The van der Waals surface area contributed by atoms with Crippen LogP contribution in [0.25, 0.3) is 5.65 Å². The lowest BCUT2D eigenvalue weighted by molar-refractivity contribution is 0.983. The fraction of sp³-hybridized carbons (Fsp3) is 0.0769. The van der Waals surface area contributed by atoms with Crippen LogP contribution in [0.2, 0.25) is 0 Å². The Morgan fingerprint density at radius 1 is 1.26 bits per heavy atom. The van der Waals surface area contributed by atoms with E-state index in [0.29, 0.717) is 0 Å². The van der Waals surface area contributed by atoms with Crippen molar-refractivity contribution in [2.24, 2.45) is 0 Å². The molecule has 0 fully saturated rings. The highest BCUT2D eigenvalue weighted by atomic mass is 127. The van der Waals surface area contributed by atoms with Gasteiger partial charge in [0.1, 0.15) is 4.60 Å². The number of nitrogens with one attached hydrogen (secondary N) is 1. The third-order valence-electron chi connectivity index (χ3n) is 2.74. The molecule has 0 amide bonds. The maximum absolute atomic E-state index is 4.33. The molecule has 2 heterocycles. The van der Waals surface area contributed by atoms with E-state index < -0.39 is 0 Å². The van der Waals surface area contributed by atoms with Crippen LogP contribution < -0.4 is 5.32 Å². The first-order valence-corrected chi connectivity index (χ1v) is 7.56. The third-order valence-corrected chi connectivity index (χ3v) is 3.82. The van der Waals surface area contributed by atoms with Gasteiger partial charge in [0.2, 0.25) is 0 Å². The molecule has 96 valence electrons. The maximum Gasteiger partial charge on any atom is 0.155 e. The number of benzene rings is 1. The highest BCUT2D eigenvalue weighted by molar-refractivity contribution is 14.1. The Labute approximate surface area is 132 Å². The van der Waals surface area contributed by atoms with Gasteiger partial charge in [0.05, 0.1) is 24.6 Å². The van der Waals surface area contributed by atoms with Crippen molar-refractivity contribution in [1.82, 2.24) is 14.4 Å². The van der Waals surface area contributed by atoms with Crippen LogP contribution in [0.3, 0.4) is 0 Å². The van der Waals surface area contributed by atoms with Crippen molar-refractivity contribution in [1.29, 1.82) is 0 Å². The molecular weight excluding hydrogens is 419 g/mol. The summed E-state index contributed by atoms with van der Waals surface area (Å²) in [7, 11) is 0. The summed E-state index contributed by atoms with van der Waals surface area (Å²) in [5.74, 6) is 0. The van der Waals surface area contributed by atoms with Gasteiger partial charge >= 0.3 is 0 Å². The lowest BCUT2D eigenvalue weighted by atomic mass is 10.3. The molecule has 0 bridgehead atoms. The minimum Gasteiger partial charge on any atom is -0.379 e. The van der Waals surface area contributed by atoms with Gasteiger partial charge < -0.3 is 5.32 Å². The van der Waals surface area contributed by atoms with Gasteiger partial charge in [-0.3, -0.25) is 4.40 Å². The van der Waals surface area contributed by atoms with Gasteiger partial charge in [-0.15, -0.1) is 0 Å². The molecule has 3 rings (SSSR count). The molecule has 0 aliphatic carbocycles. The van der Waals surface area contributed by atoms with Crippen molar-refractivity contribution >= 4 is 49.9 Å². The van der Waals surface area contributed by atoms with Crippen LogP contribution in [0, 0.1) is 3.57 Å². The summed E-state index contributed by atoms with van der Waals surface area (Å²) in [4.78, 5) is 8.49. The Balaban J connectivity index is 1.84. The predicted octanol–water partition coefficient (Wildman–Crippen LogP) is 3.71. The second-order valence-electron chi connectivity index (χ2n) is 4.05. The predicted molar refractivity (Wildman–Crippen MR) is 87.2 cm³/mol. The van der Waals surface area contributed by atoms with Gasteiger partial charge in [0.25, 0.3) is 0 Å². The van der Waals surface area contributed by atoms with E-state index in [0.717, 1.165) is 28.2 Å². The van der Waals surface area contributed by atoms with Crippen molar-refractivity contribution < 1.29 is 0 Å². The van der Waals surface area contributed by atoms with Crippen LogP contribution in [0.1, 0.15) is 5.69 Å². The van der Waals surface area contributed by atoms with E-state index in [1.54, 1.807) is 6.20 Å². The van der Waals surface area contributed by atoms with Gasteiger partial charge in [-0.2, -0.15) is 0 Å². The minimum atomic E-state index is 0.720. The first kappa shape index (κ1) is 12.9. The highest BCUT2D eigenvalue weighted by Gasteiger charge is 2.04. The first-order chi connectivity index (χ1) is 9.22. The zero-order valence-electron chi connectivity index (χ0n) is 9.85. The fourth-order valence-electron chi connectivity index (χ4n) is 1.84. The van der Waals surface area contributed by atoms with Crippen LogP contribution in [-0.4, -0.2) is 14.4 Å². The average Bonchev–Trinajstić information content (AvgIpc) is 2.79. The molecule has 6 heteroatoms. The van der Waals surface area contributed by atoms with Crippen molar-refractivity contribution in [2.75, 3.05) is 5.32 Å². The number of imidazole rings is 1. The molecule has 19 heavy (non-hydrogen) atoms. The molecule has 0 aliphatic heterocycles. The normalized spacial score (nSPS) is 10.8. The van der Waals surface area contributed by atoms with Crippen molar-refractivity contribution in [3.8, 4) is 0 Å². The Kier molecular flexibility index (Phi) is 3.69. The Hall–Kier alpha value is -1.15. The highest BCUT2D eigenvalue weighted by Crippen LogP contribution is 2.15. The molecule has 0 spiro atoms. The number of anilines is 1. The second-order valence-corrected chi connectivity index (χ2v) is 6.11. The molecule has 0 radical (unpaired) electrons. The molecule has 0 aliphatic rings. The summed E-state index contributed by atoms with van der Waals surface area (Å²) >= 11 is 5.68. The molecule has 0 atom stereocenters. The number of rotatable bonds is 3. The smallest absolute Gasteiger partial charge is 0.155 e. The van der Waals surface area contributed by atoms with E-state index >= 15 is 0 Å². The number of fused-ring (bicyclic) bond motifs is 1. The minimum absolute atomic E-state index is 0.720. The topological polar surface area (TPSA) is 42.2 Å². The van der Waals surface area contributed by atoms with Gasteiger partial charge in [-0.1, -0.05) is 6.07 Å². The first-order valence-electron chi connectivity index (χ1n) is 5.69. The summed E-state index contributed by atoms with van der Waals surface area (Å²) in [5, 5.41) is 3.40. The van der Waals surface area contributed by atoms with Crippen LogP contribution >= 0.6 is 38.5 Å². The number of halogens is 2. The fourth-order valence-corrected chi connectivity index (χ4v) is 2.69. The van der Waals surface area contributed by atoms with Crippen molar-refractivity contribution in [3.63, 3.8) is 0 Å². The lowest BCUT2D eigenvalue weighted by Crippen LogP contribution is -2.03. The quantitative estimate of drug-likeness (QED) is 0.646. The van der Waals surface area contributed by atoms with Gasteiger partial charge in [-0.25, -0.2) is 9.97 Å². The SMILES string of the molecule is Brc1cn2c(CNc3cccc(I)c3)cnc2cn1. The van der Waals surface area contributed by atoms with Gasteiger partial charge in [-0.05, 0) is 56.7 Å². The second kappa shape index (κ2) is 5.46. The third kappa shape index (κ3) is 2.89. The van der Waals surface area contributed by atoms with E-state index in [-0.39, 0.29) is 0 Å². The molecule has 4 nitrogen and oxygen atoms in total. The zero-order valence-corrected chi connectivity index (χ0v) is 13.6. The zero-order chi connectivity index (χ0) is 13.2. The number of aromatic nitrogens is 3. The number of nitrogens with zero attached hydrogens (tertiary/aromatic N) is 3. The molecule has 0 unspecified atom stereocenters. The Morgan fingerprint density at radius 3 is 3.00 bits per heavy atom. The maximum atomic E-state index is 4.33. The van der Waals surface area contributed by atoms with E-state index in [9.17, 15) is 0 Å². The standard InChI is InChI=1S/C13H10BrIN4/c14-12-8-19-11(6-18-13(19)7-17-12)5-16-10-3-1-2-9(15)4-10/h1-4,6-8,16H,5H2. The van der Waals surface area contributed by atoms with E-state index in [1.165, 1.54) is 3.57 Å². The van der Waals surface area contributed by atoms with Crippen LogP contribution in [0.4, 0.5) is 5.69 Å². The van der Waals surface area contributed by atoms with E-state index in [4.69, 9.17) is 0 Å². The molecule has 0 saturated carbocycles. The van der Waals surface area contributed by atoms with Crippen LogP contribution in [0.5, 0.6) is 0 Å². The van der Waals surface area contributed by atoms with E-state index in [2.05, 4.69) is 72.0 Å².